The molecule has 1 atom stereocenters. The SMILES string of the molecule is CC(C)CC1NC(=O)CCOc2ccc(cc2)CCNC1=O. The van der Waals surface area contributed by atoms with Crippen LogP contribution in [-0.2, 0) is 16.0 Å². The van der Waals surface area contributed by atoms with Gasteiger partial charge < -0.3 is 15.4 Å². The van der Waals surface area contributed by atoms with E-state index >= 15 is 0 Å². The molecule has 2 heterocycles. The van der Waals surface area contributed by atoms with Gasteiger partial charge in [0.25, 0.3) is 0 Å². The molecule has 2 N–H and O–H groups in total. The second kappa shape index (κ2) is 7.82. The number of benzene rings is 1. The molecule has 0 saturated carbocycles. The largest absolute Gasteiger partial charge is 0.493 e. The van der Waals surface area contributed by atoms with Gasteiger partial charge in [0, 0.05) is 6.54 Å². The van der Waals surface area contributed by atoms with Crippen LogP contribution >= 0.6 is 0 Å². The first-order chi connectivity index (χ1) is 10.5. The van der Waals surface area contributed by atoms with E-state index in [1.807, 2.05) is 38.1 Å². The lowest BCUT2D eigenvalue weighted by molar-refractivity contribution is -0.129. The Bertz CT molecular complexity index is 511. The first-order valence-corrected chi connectivity index (χ1v) is 7.83. The second-order valence-electron chi connectivity index (χ2n) is 6.03. The van der Waals surface area contributed by atoms with Gasteiger partial charge in [-0.1, -0.05) is 26.0 Å². The third-order valence-electron chi connectivity index (χ3n) is 3.59. The number of carbonyl (C=O) groups excluding carboxylic acids is 2. The highest BCUT2D eigenvalue weighted by Gasteiger charge is 2.21. The first kappa shape index (κ1) is 16.3. The van der Waals surface area contributed by atoms with Crippen molar-refractivity contribution in [2.75, 3.05) is 13.2 Å². The van der Waals surface area contributed by atoms with Crippen LogP contribution in [0.5, 0.6) is 5.75 Å². The quantitative estimate of drug-likeness (QED) is 0.873. The lowest BCUT2D eigenvalue weighted by Crippen LogP contribution is -2.48. The van der Waals surface area contributed by atoms with E-state index < -0.39 is 6.04 Å². The molecular weight excluding hydrogens is 280 g/mol. The van der Waals surface area contributed by atoms with Gasteiger partial charge in [-0.3, -0.25) is 9.59 Å². The summed E-state index contributed by atoms with van der Waals surface area (Å²) in [4.78, 5) is 24.2. The van der Waals surface area contributed by atoms with Crippen molar-refractivity contribution < 1.29 is 14.3 Å². The molecule has 2 aliphatic rings. The maximum absolute atomic E-state index is 12.3. The van der Waals surface area contributed by atoms with E-state index in [4.69, 9.17) is 4.74 Å². The molecule has 1 aromatic carbocycles. The van der Waals surface area contributed by atoms with Crippen molar-refractivity contribution in [1.82, 2.24) is 10.6 Å². The highest BCUT2D eigenvalue weighted by molar-refractivity contribution is 5.87. The molecule has 22 heavy (non-hydrogen) atoms. The van der Waals surface area contributed by atoms with Gasteiger partial charge in [0.1, 0.15) is 11.8 Å². The average Bonchev–Trinajstić information content (AvgIpc) is 2.47. The van der Waals surface area contributed by atoms with E-state index in [1.165, 1.54) is 0 Å². The smallest absolute Gasteiger partial charge is 0.242 e. The molecule has 0 aliphatic carbocycles. The average molecular weight is 304 g/mol. The monoisotopic (exact) mass is 304 g/mol. The fourth-order valence-electron chi connectivity index (χ4n) is 2.44. The Balaban J connectivity index is 2.08. The molecule has 5 nitrogen and oxygen atoms in total. The summed E-state index contributed by atoms with van der Waals surface area (Å²) in [7, 11) is 0. The van der Waals surface area contributed by atoms with Crippen LogP contribution in [0.25, 0.3) is 0 Å². The number of hydrogen-bond acceptors (Lipinski definition) is 3. The van der Waals surface area contributed by atoms with E-state index in [9.17, 15) is 9.59 Å². The molecule has 2 amide bonds. The predicted molar refractivity (Wildman–Crippen MR) is 84.7 cm³/mol. The molecule has 0 fully saturated rings. The standard InChI is InChI=1S/C17H24N2O3/c1-12(2)11-15-17(21)18-9-7-13-3-5-14(6-4-13)22-10-8-16(20)19-15/h3-6,12,15H,7-11H2,1-2H3,(H,18,21)(H,19,20). The zero-order valence-electron chi connectivity index (χ0n) is 13.2. The van der Waals surface area contributed by atoms with Crippen molar-refractivity contribution in [2.45, 2.75) is 39.2 Å². The molecule has 0 spiro atoms. The van der Waals surface area contributed by atoms with Crippen molar-refractivity contribution in [3.63, 3.8) is 0 Å². The lowest BCUT2D eigenvalue weighted by atomic mass is 10.0. The summed E-state index contributed by atoms with van der Waals surface area (Å²) < 4.78 is 5.56. The van der Waals surface area contributed by atoms with Crippen LogP contribution in [0.15, 0.2) is 24.3 Å². The summed E-state index contributed by atoms with van der Waals surface area (Å²) in [6.45, 7) is 4.94. The number of nitrogens with one attached hydrogen (secondary N) is 2. The Hall–Kier alpha value is -2.04. The molecule has 1 unspecified atom stereocenters. The van der Waals surface area contributed by atoms with Crippen molar-refractivity contribution in [2.24, 2.45) is 5.92 Å². The summed E-state index contributed by atoms with van der Waals surface area (Å²) in [5, 5.41) is 5.73. The summed E-state index contributed by atoms with van der Waals surface area (Å²) >= 11 is 0. The van der Waals surface area contributed by atoms with Crippen molar-refractivity contribution in [1.29, 1.82) is 0 Å². The summed E-state index contributed by atoms with van der Waals surface area (Å²) in [5.41, 5.74) is 1.15. The number of amides is 2. The van der Waals surface area contributed by atoms with Gasteiger partial charge in [-0.15, -0.1) is 0 Å². The molecule has 2 aliphatic heterocycles. The van der Waals surface area contributed by atoms with E-state index in [1.54, 1.807) is 0 Å². The van der Waals surface area contributed by atoms with Gasteiger partial charge in [-0.05, 0) is 36.5 Å². The van der Waals surface area contributed by atoms with Gasteiger partial charge in [0.15, 0.2) is 0 Å². The molecule has 2 bridgehead atoms. The second-order valence-corrected chi connectivity index (χ2v) is 6.03. The lowest BCUT2D eigenvalue weighted by Gasteiger charge is -2.20. The van der Waals surface area contributed by atoms with Crippen LogP contribution in [0.1, 0.15) is 32.3 Å². The fraction of sp³-hybridized carbons (Fsp3) is 0.529. The van der Waals surface area contributed by atoms with Gasteiger partial charge in [-0.2, -0.15) is 0 Å². The van der Waals surface area contributed by atoms with Crippen molar-refractivity contribution in [3.05, 3.63) is 29.8 Å². The molecule has 120 valence electrons. The Morgan fingerprint density at radius 2 is 1.91 bits per heavy atom. The first-order valence-electron chi connectivity index (χ1n) is 7.83. The van der Waals surface area contributed by atoms with Crippen LogP contribution in [0.4, 0.5) is 0 Å². The Kier molecular flexibility index (Phi) is 5.81. The fourth-order valence-corrected chi connectivity index (χ4v) is 2.44. The number of hydrogen-bond donors (Lipinski definition) is 2. The highest BCUT2D eigenvalue weighted by atomic mass is 16.5. The zero-order chi connectivity index (χ0) is 15.9. The molecule has 0 saturated heterocycles. The third-order valence-corrected chi connectivity index (χ3v) is 3.59. The highest BCUT2D eigenvalue weighted by Crippen LogP contribution is 2.13. The van der Waals surface area contributed by atoms with Gasteiger partial charge >= 0.3 is 0 Å². The minimum Gasteiger partial charge on any atom is -0.493 e. The normalized spacial score (nSPS) is 20.0. The van der Waals surface area contributed by atoms with Crippen LogP contribution in [0.2, 0.25) is 0 Å². The molecular formula is C17H24N2O3. The number of fused-ring (bicyclic) bond motifs is 11. The summed E-state index contributed by atoms with van der Waals surface area (Å²) in [6, 6.07) is 7.28. The van der Waals surface area contributed by atoms with Crippen LogP contribution < -0.4 is 15.4 Å². The van der Waals surface area contributed by atoms with Gasteiger partial charge in [0.05, 0.1) is 13.0 Å². The van der Waals surface area contributed by atoms with E-state index in [0.717, 1.165) is 17.7 Å². The zero-order valence-corrected chi connectivity index (χ0v) is 13.2. The number of ether oxygens (including phenoxy) is 1. The minimum absolute atomic E-state index is 0.114. The predicted octanol–water partition coefficient (Wildman–Crippen LogP) is 1.66. The number of carbonyl (C=O) groups is 2. The van der Waals surface area contributed by atoms with Gasteiger partial charge in [-0.25, -0.2) is 0 Å². The molecule has 3 rings (SSSR count). The maximum Gasteiger partial charge on any atom is 0.242 e. The molecule has 0 radical (unpaired) electrons. The Labute approximate surface area is 131 Å². The minimum atomic E-state index is -0.476. The van der Waals surface area contributed by atoms with Crippen LogP contribution in [0.3, 0.4) is 0 Å². The van der Waals surface area contributed by atoms with E-state index in [-0.39, 0.29) is 18.2 Å². The Morgan fingerprint density at radius 1 is 1.18 bits per heavy atom. The maximum atomic E-state index is 12.3. The van der Waals surface area contributed by atoms with Crippen LogP contribution in [-0.4, -0.2) is 31.0 Å². The molecule has 5 heteroatoms. The van der Waals surface area contributed by atoms with E-state index in [0.29, 0.717) is 25.5 Å². The number of rotatable bonds is 2. The van der Waals surface area contributed by atoms with Gasteiger partial charge in [0.2, 0.25) is 11.8 Å². The topological polar surface area (TPSA) is 67.4 Å². The summed E-state index contributed by atoms with van der Waals surface area (Å²) in [6.07, 6.45) is 1.63. The van der Waals surface area contributed by atoms with Crippen molar-refractivity contribution in [3.8, 4) is 5.75 Å². The van der Waals surface area contributed by atoms with Crippen molar-refractivity contribution >= 4 is 11.8 Å². The molecule has 1 aromatic rings. The van der Waals surface area contributed by atoms with E-state index in [2.05, 4.69) is 10.6 Å². The third kappa shape index (κ3) is 5.06. The Morgan fingerprint density at radius 3 is 2.59 bits per heavy atom. The van der Waals surface area contributed by atoms with Crippen LogP contribution in [0, 0.1) is 5.92 Å². The molecule has 0 aromatic heterocycles. The summed E-state index contributed by atoms with van der Waals surface area (Å²) in [5.74, 6) is 0.820.